The van der Waals surface area contributed by atoms with Crippen LogP contribution in [-0.2, 0) is 0 Å². The van der Waals surface area contributed by atoms with E-state index in [0.29, 0.717) is 17.4 Å². The molecule has 0 aliphatic rings. The molecule has 0 fully saturated rings. The Labute approximate surface area is 121 Å². The lowest BCUT2D eigenvalue weighted by atomic mass is 10.1. The Morgan fingerprint density at radius 2 is 1.70 bits per heavy atom. The van der Waals surface area contributed by atoms with Crippen LogP contribution in [0, 0.1) is 0 Å². The van der Waals surface area contributed by atoms with Crippen LogP contribution >= 0.6 is 0 Å². The van der Waals surface area contributed by atoms with Crippen molar-refractivity contribution in [2.24, 2.45) is 0 Å². The molecule has 0 bridgehead atoms. The number of anilines is 1. The van der Waals surface area contributed by atoms with E-state index in [1.54, 1.807) is 0 Å². The first kappa shape index (κ1) is 16.5. The zero-order valence-corrected chi connectivity index (χ0v) is 13.1. The summed E-state index contributed by atoms with van der Waals surface area (Å²) in [6.07, 6.45) is 7.46. The number of nitrogen functional groups attached to an aromatic ring is 1. The van der Waals surface area contributed by atoms with Crippen LogP contribution < -0.4 is 15.2 Å². The van der Waals surface area contributed by atoms with Crippen molar-refractivity contribution in [3.63, 3.8) is 0 Å². The van der Waals surface area contributed by atoms with Gasteiger partial charge in [-0.15, -0.1) is 0 Å². The molecular formula is C15H27N3O2. The molecule has 0 amide bonds. The predicted molar refractivity (Wildman–Crippen MR) is 81.1 cm³/mol. The summed E-state index contributed by atoms with van der Waals surface area (Å²) in [7, 11) is 0. The van der Waals surface area contributed by atoms with Crippen molar-refractivity contribution in [2.45, 2.75) is 72.0 Å². The second-order valence-corrected chi connectivity index (χ2v) is 5.34. The first-order valence-corrected chi connectivity index (χ1v) is 7.48. The highest BCUT2D eigenvalue weighted by molar-refractivity contribution is 5.55. The van der Waals surface area contributed by atoms with Crippen LogP contribution in [-0.4, -0.2) is 22.2 Å². The Balaban J connectivity index is 2.54. The standard InChI is InChI=1S/C15H27N3O2/c1-5-6-7-8-9-12(4)20-15-13(16)14(17-10-18-15)19-11(2)3/h10-12H,5-9,16H2,1-4H3. The number of hydrogen-bond acceptors (Lipinski definition) is 5. The molecule has 0 saturated heterocycles. The molecule has 0 aromatic carbocycles. The molecule has 2 N–H and O–H groups in total. The van der Waals surface area contributed by atoms with Gasteiger partial charge in [0.25, 0.3) is 0 Å². The summed E-state index contributed by atoms with van der Waals surface area (Å²) in [5.41, 5.74) is 6.36. The quantitative estimate of drug-likeness (QED) is 0.700. The summed E-state index contributed by atoms with van der Waals surface area (Å²) in [6.45, 7) is 8.10. The van der Waals surface area contributed by atoms with Gasteiger partial charge in [0.15, 0.2) is 5.69 Å². The Morgan fingerprint density at radius 1 is 1.05 bits per heavy atom. The van der Waals surface area contributed by atoms with Gasteiger partial charge in [0.2, 0.25) is 11.8 Å². The smallest absolute Gasteiger partial charge is 0.244 e. The SMILES string of the molecule is CCCCCCC(C)Oc1ncnc(OC(C)C)c1N. The fraction of sp³-hybridized carbons (Fsp3) is 0.733. The van der Waals surface area contributed by atoms with Gasteiger partial charge in [-0.05, 0) is 33.6 Å². The summed E-state index contributed by atoms with van der Waals surface area (Å²) in [5, 5.41) is 0. The van der Waals surface area contributed by atoms with Crippen molar-refractivity contribution in [2.75, 3.05) is 5.73 Å². The van der Waals surface area contributed by atoms with Crippen molar-refractivity contribution >= 4 is 5.69 Å². The fourth-order valence-corrected chi connectivity index (χ4v) is 1.88. The largest absolute Gasteiger partial charge is 0.473 e. The summed E-state index contributed by atoms with van der Waals surface area (Å²) < 4.78 is 11.3. The van der Waals surface area contributed by atoms with Gasteiger partial charge in [-0.1, -0.05) is 26.2 Å². The number of nitrogens with two attached hydrogens (primary N) is 1. The van der Waals surface area contributed by atoms with E-state index in [1.807, 2.05) is 20.8 Å². The molecule has 1 rings (SSSR count). The first-order valence-electron chi connectivity index (χ1n) is 7.48. The molecule has 1 atom stereocenters. The second kappa shape index (κ2) is 8.61. The Kier molecular flexibility index (Phi) is 7.12. The van der Waals surface area contributed by atoms with Gasteiger partial charge in [0.05, 0.1) is 12.2 Å². The van der Waals surface area contributed by atoms with E-state index in [2.05, 4.69) is 16.9 Å². The van der Waals surface area contributed by atoms with Crippen molar-refractivity contribution < 1.29 is 9.47 Å². The van der Waals surface area contributed by atoms with Gasteiger partial charge < -0.3 is 15.2 Å². The average molecular weight is 281 g/mol. The van der Waals surface area contributed by atoms with Crippen molar-refractivity contribution in [1.82, 2.24) is 9.97 Å². The van der Waals surface area contributed by atoms with Gasteiger partial charge in [-0.3, -0.25) is 0 Å². The van der Waals surface area contributed by atoms with E-state index >= 15 is 0 Å². The van der Waals surface area contributed by atoms with E-state index in [9.17, 15) is 0 Å². The molecule has 1 aromatic heterocycles. The van der Waals surface area contributed by atoms with Crippen molar-refractivity contribution in [3.8, 4) is 11.8 Å². The zero-order valence-electron chi connectivity index (χ0n) is 13.1. The molecule has 5 heteroatoms. The predicted octanol–water partition coefficient (Wildman–Crippen LogP) is 3.58. The average Bonchev–Trinajstić information content (AvgIpc) is 2.39. The van der Waals surface area contributed by atoms with E-state index < -0.39 is 0 Å². The van der Waals surface area contributed by atoms with Crippen molar-refractivity contribution in [1.29, 1.82) is 0 Å². The van der Waals surface area contributed by atoms with E-state index in [4.69, 9.17) is 15.2 Å². The molecule has 1 aromatic rings. The van der Waals surface area contributed by atoms with Crippen molar-refractivity contribution in [3.05, 3.63) is 6.33 Å². The van der Waals surface area contributed by atoms with Gasteiger partial charge >= 0.3 is 0 Å². The lowest BCUT2D eigenvalue weighted by Gasteiger charge is -2.17. The maximum absolute atomic E-state index is 5.98. The number of hydrogen-bond donors (Lipinski definition) is 1. The highest BCUT2D eigenvalue weighted by atomic mass is 16.5. The molecule has 0 aliphatic heterocycles. The van der Waals surface area contributed by atoms with E-state index in [0.717, 1.165) is 12.8 Å². The van der Waals surface area contributed by atoms with Crippen LogP contribution in [0.3, 0.4) is 0 Å². The Hall–Kier alpha value is -1.52. The lowest BCUT2D eigenvalue weighted by molar-refractivity contribution is 0.194. The summed E-state index contributed by atoms with van der Waals surface area (Å²) >= 11 is 0. The minimum atomic E-state index is 0.0199. The van der Waals surface area contributed by atoms with Crippen LogP contribution in [0.25, 0.3) is 0 Å². The molecule has 20 heavy (non-hydrogen) atoms. The highest BCUT2D eigenvalue weighted by Crippen LogP contribution is 2.28. The number of unbranched alkanes of at least 4 members (excludes halogenated alkanes) is 3. The van der Waals surface area contributed by atoms with E-state index in [1.165, 1.54) is 25.6 Å². The van der Waals surface area contributed by atoms with Crippen LogP contribution in [0.4, 0.5) is 5.69 Å². The number of rotatable bonds is 9. The number of ether oxygens (including phenoxy) is 2. The van der Waals surface area contributed by atoms with Crippen LogP contribution in [0.5, 0.6) is 11.8 Å². The molecule has 5 nitrogen and oxygen atoms in total. The van der Waals surface area contributed by atoms with Gasteiger partial charge in [0, 0.05) is 0 Å². The molecule has 0 aliphatic carbocycles. The van der Waals surface area contributed by atoms with Crippen LogP contribution in [0.2, 0.25) is 0 Å². The maximum atomic E-state index is 5.98. The third-order valence-corrected chi connectivity index (χ3v) is 2.94. The van der Waals surface area contributed by atoms with Crippen LogP contribution in [0.15, 0.2) is 6.33 Å². The zero-order chi connectivity index (χ0) is 15.0. The normalized spacial score (nSPS) is 12.4. The van der Waals surface area contributed by atoms with Gasteiger partial charge in [-0.25, -0.2) is 0 Å². The monoisotopic (exact) mass is 281 g/mol. The molecule has 1 unspecified atom stereocenters. The Bertz CT molecular complexity index is 397. The molecule has 0 saturated carbocycles. The van der Waals surface area contributed by atoms with Gasteiger partial charge in [0.1, 0.15) is 6.33 Å². The molecule has 1 heterocycles. The Morgan fingerprint density at radius 3 is 2.30 bits per heavy atom. The first-order chi connectivity index (χ1) is 9.54. The van der Waals surface area contributed by atoms with Gasteiger partial charge in [-0.2, -0.15) is 9.97 Å². The molecule has 0 radical (unpaired) electrons. The number of aromatic nitrogens is 2. The second-order valence-electron chi connectivity index (χ2n) is 5.34. The van der Waals surface area contributed by atoms with Crippen LogP contribution in [0.1, 0.15) is 59.8 Å². The summed E-state index contributed by atoms with van der Waals surface area (Å²) in [6, 6.07) is 0. The minimum Gasteiger partial charge on any atom is -0.473 e. The summed E-state index contributed by atoms with van der Waals surface area (Å²) in [4.78, 5) is 8.13. The maximum Gasteiger partial charge on any atom is 0.244 e. The fourth-order valence-electron chi connectivity index (χ4n) is 1.88. The highest BCUT2D eigenvalue weighted by Gasteiger charge is 2.14. The molecule has 0 spiro atoms. The minimum absolute atomic E-state index is 0.0199. The topological polar surface area (TPSA) is 70.3 Å². The van der Waals surface area contributed by atoms with E-state index in [-0.39, 0.29) is 12.2 Å². The molecular weight excluding hydrogens is 254 g/mol. The lowest BCUT2D eigenvalue weighted by Crippen LogP contribution is -2.15. The third-order valence-electron chi connectivity index (χ3n) is 2.94. The molecule has 114 valence electrons. The number of nitrogens with zero attached hydrogens (tertiary/aromatic N) is 2. The third kappa shape index (κ3) is 5.63. The summed E-state index contributed by atoms with van der Waals surface area (Å²) in [5.74, 6) is 0.807.